The summed E-state index contributed by atoms with van der Waals surface area (Å²) < 4.78 is 1.81. The number of thiazole rings is 1. The van der Waals surface area contributed by atoms with Crippen LogP contribution in [0.5, 0.6) is 5.88 Å². The third kappa shape index (κ3) is 7.54. The maximum Gasteiger partial charge on any atom is 0.240 e. The van der Waals surface area contributed by atoms with Crippen LogP contribution < -0.4 is 21.3 Å². The van der Waals surface area contributed by atoms with Crippen LogP contribution in [-0.4, -0.2) is 57.6 Å². The number of anilines is 2. The molecule has 5 N–H and O–H groups in total. The molecule has 12 heteroatoms. The van der Waals surface area contributed by atoms with Crippen LogP contribution >= 0.6 is 23.6 Å². The second kappa shape index (κ2) is 11.9. The van der Waals surface area contributed by atoms with E-state index in [0.29, 0.717) is 47.6 Å². The van der Waals surface area contributed by atoms with Crippen molar-refractivity contribution in [2.75, 3.05) is 36.8 Å². The largest absolute Gasteiger partial charge is 0.494 e. The Bertz CT molecular complexity index is 1150. The Balaban J connectivity index is 1.58. The van der Waals surface area contributed by atoms with Gasteiger partial charge in [0.15, 0.2) is 9.78 Å². The highest BCUT2D eigenvalue weighted by Gasteiger charge is 2.09. The second-order valence-electron chi connectivity index (χ2n) is 6.96. The first-order valence-electron chi connectivity index (χ1n) is 10.2. The van der Waals surface area contributed by atoms with E-state index in [1.54, 1.807) is 6.07 Å². The highest BCUT2D eigenvalue weighted by atomic mass is 32.1. The molecular formula is C21H25N7O3S2. The summed E-state index contributed by atoms with van der Waals surface area (Å²) in [4.78, 5) is 32.3. The Morgan fingerprint density at radius 3 is 2.24 bits per heavy atom. The normalized spacial score (nSPS) is 10.5. The van der Waals surface area contributed by atoms with Crippen molar-refractivity contribution in [3.05, 3.63) is 45.7 Å². The molecule has 10 nitrogen and oxygen atoms in total. The van der Waals surface area contributed by atoms with Gasteiger partial charge in [-0.05, 0) is 12.2 Å². The number of nitrogens with zero attached hydrogens (tertiary/aromatic N) is 3. The number of aromatic nitrogens is 3. The zero-order chi connectivity index (χ0) is 23.6. The lowest BCUT2D eigenvalue weighted by Gasteiger charge is -2.12. The van der Waals surface area contributed by atoms with E-state index in [2.05, 4.69) is 31.2 Å². The van der Waals surface area contributed by atoms with Gasteiger partial charge in [0.1, 0.15) is 18.2 Å². The number of aromatic hydroxyl groups is 1. The third-order valence-electron chi connectivity index (χ3n) is 4.38. The van der Waals surface area contributed by atoms with Crippen molar-refractivity contribution < 1.29 is 14.7 Å². The van der Waals surface area contributed by atoms with Gasteiger partial charge < -0.3 is 26.4 Å². The molecule has 0 aliphatic heterocycles. The molecular weight excluding hydrogens is 462 g/mol. The SMILES string of the molecule is CC(=O)NCCNc1cc(NCCNC(=O)Cn2c(O)csc2=S)nc(-c2ccccc2)n1. The Hall–Kier alpha value is -3.51. The average Bonchev–Trinajstić information content (AvgIpc) is 3.12. The maximum absolute atomic E-state index is 12.1. The van der Waals surface area contributed by atoms with E-state index in [-0.39, 0.29) is 24.2 Å². The summed E-state index contributed by atoms with van der Waals surface area (Å²) in [6.07, 6.45) is 0. The highest BCUT2D eigenvalue weighted by Crippen LogP contribution is 2.20. The minimum Gasteiger partial charge on any atom is -0.494 e. The smallest absolute Gasteiger partial charge is 0.240 e. The number of carbonyl (C=O) groups is 2. The standard InChI is InChI=1S/C21H25N7O3S2/c1-14(29)22-7-8-23-16-11-17(27-20(26-16)15-5-3-2-4-6-15)24-9-10-25-18(30)12-28-19(31)13-33-21(28)32/h2-6,11,13,31H,7-10,12H2,1H3,(H,22,29)(H,25,30)(H2,23,24,26,27). The van der Waals surface area contributed by atoms with Crippen LogP contribution in [0.15, 0.2) is 41.8 Å². The lowest BCUT2D eigenvalue weighted by molar-refractivity contribution is -0.121. The van der Waals surface area contributed by atoms with E-state index in [1.165, 1.54) is 28.2 Å². The van der Waals surface area contributed by atoms with Gasteiger partial charge in [-0.1, -0.05) is 30.3 Å². The summed E-state index contributed by atoms with van der Waals surface area (Å²) in [7, 11) is 0. The lowest BCUT2D eigenvalue weighted by atomic mass is 10.2. The van der Waals surface area contributed by atoms with Crippen LogP contribution in [0.3, 0.4) is 0 Å². The van der Waals surface area contributed by atoms with Crippen molar-refractivity contribution in [1.82, 2.24) is 25.2 Å². The van der Waals surface area contributed by atoms with E-state index in [0.717, 1.165) is 5.56 Å². The summed E-state index contributed by atoms with van der Waals surface area (Å²) in [5.74, 6) is 1.39. The molecule has 0 fully saturated rings. The first kappa shape index (κ1) is 24.1. The molecule has 0 aliphatic carbocycles. The van der Waals surface area contributed by atoms with Gasteiger partial charge >= 0.3 is 0 Å². The van der Waals surface area contributed by atoms with Gasteiger partial charge in [0.05, 0.1) is 5.38 Å². The number of benzene rings is 1. The number of carbonyl (C=O) groups excluding carboxylic acids is 2. The molecule has 2 aromatic heterocycles. The number of rotatable bonds is 11. The van der Waals surface area contributed by atoms with Crippen LogP contribution in [0.2, 0.25) is 0 Å². The number of nitrogens with one attached hydrogen (secondary N) is 4. The maximum atomic E-state index is 12.1. The zero-order valence-electron chi connectivity index (χ0n) is 18.0. The Morgan fingerprint density at radius 2 is 1.67 bits per heavy atom. The fraction of sp³-hybridized carbons (Fsp3) is 0.286. The Kier molecular flexibility index (Phi) is 8.72. The molecule has 3 aromatic rings. The molecule has 174 valence electrons. The minimum atomic E-state index is -0.255. The monoisotopic (exact) mass is 487 g/mol. The number of hydrogen-bond donors (Lipinski definition) is 5. The molecule has 0 radical (unpaired) electrons. The van der Waals surface area contributed by atoms with Crippen molar-refractivity contribution >= 4 is 47.0 Å². The highest BCUT2D eigenvalue weighted by molar-refractivity contribution is 7.73. The van der Waals surface area contributed by atoms with Gasteiger partial charge in [0, 0.05) is 44.7 Å². The van der Waals surface area contributed by atoms with Gasteiger partial charge in [0.25, 0.3) is 0 Å². The van der Waals surface area contributed by atoms with Crippen molar-refractivity contribution in [3.63, 3.8) is 0 Å². The first-order valence-corrected chi connectivity index (χ1v) is 11.5. The lowest BCUT2D eigenvalue weighted by Crippen LogP contribution is -2.31. The van der Waals surface area contributed by atoms with Crippen molar-refractivity contribution in [1.29, 1.82) is 0 Å². The number of amides is 2. The topological polar surface area (TPSA) is 133 Å². The van der Waals surface area contributed by atoms with Gasteiger partial charge in [-0.3, -0.25) is 14.2 Å². The van der Waals surface area contributed by atoms with Crippen LogP contribution in [-0.2, 0) is 16.1 Å². The molecule has 2 amide bonds. The van der Waals surface area contributed by atoms with E-state index in [4.69, 9.17) is 12.2 Å². The molecule has 0 aliphatic rings. The molecule has 0 spiro atoms. The van der Waals surface area contributed by atoms with E-state index in [9.17, 15) is 14.7 Å². The van der Waals surface area contributed by atoms with Gasteiger partial charge in [-0.2, -0.15) is 0 Å². The molecule has 3 rings (SSSR count). The minimum absolute atomic E-state index is 0.0220. The van der Waals surface area contributed by atoms with Gasteiger partial charge in [-0.15, -0.1) is 11.3 Å². The van der Waals surface area contributed by atoms with E-state index in [1.807, 2.05) is 30.3 Å². The van der Waals surface area contributed by atoms with Crippen molar-refractivity contribution in [2.24, 2.45) is 0 Å². The summed E-state index contributed by atoms with van der Waals surface area (Å²) in [5, 5.41) is 23.1. The van der Waals surface area contributed by atoms with Gasteiger partial charge in [-0.25, -0.2) is 9.97 Å². The molecule has 0 atom stereocenters. The van der Waals surface area contributed by atoms with Gasteiger partial charge in [0.2, 0.25) is 17.7 Å². The van der Waals surface area contributed by atoms with Crippen LogP contribution in [0, 0.1) is 3.95 Å². The van der Waals surface area contributed by atoms with E-state index < -0.39 is 0 Å². The molecule has 0 saturated carbocycles. The van der Waals surface area contributed by atoms with Crippen LogP contribution in [0.4, 0.5) is 11.6 Å². The molecule has 0 unspecified atom stereocenters. The first-order chi connectivity index (χ1) is 15.9. The summed E-state index contributed by atoms with van der Waals surface area (Å²) in [6, 6.07) is 11.4. The Labute approximate surface area is 200 Å². The second-order valence-corrected chi connectivity index (χ2v) is 8.46. The predicted molar refractivity (Wildman–Crippen MR) is 131 cm³/mol. The average molecular weight is 488 g/mol. The van der Waals surface area contributed by atoms with Crippen LogP contribution in [0.25, 0.3) is 11.4 Å². The van der Waals surface area contributed by atoms with E-state index >= 15 is 0 Å². The summed E-state index contributed by atoms with van der Waals surface area (Å²) >= 11 is 6.30. The fourth-order valence-electron chi connectivity index (χ4n) is 2.84. The Morgan fingerprint density at radius 1 is 1.03 bits per heavy atom. The predicted octanol–water partition coefficient (Wildman–Crippen LogP) is 2.22. The molecule has 0 bridgehead atoms. The molecule has 0 saturated heterocycles. The number of hydrogen-bond acceptors (Lipinski definition) is 9. The third-order valence-corrected chi connectivity index (χ3v) is 5.64. The molecule has 1 aromatic carbocycles. The summed E-state index contributed by atoms with van der Waals surface area (Å²) in [6.45, 7) is 3.20. The molecule has 33 heavy (non-hydrogen) atoms. The zero-order valence-corrected chi connectivity index (χ0v) is 19.6. The summed E-state index contributed by atoms with van der Waals surface area (Å²) in [5.41, 5.74) is 0.867. The fourth-order valence-corrected chi connectivity index (χ4v) is 3.76. The quantitative estimate of drug-likeness (QED) is 0.205. The molecule has 2 heterocycles. The van der Waals surface area contributed by atoms with Crippen molar-refractivity contribution in [2.45, 2.75) is 13.5 Å². The van der Waals surface area contributed by atoms with Crippen LogP contribution in [0.1, 0.15) is 6.92 Å². The van der Waals surface area contributed by atoms with Crippen molar-refractivity contribution in [3.8, 4) is 17.3 Å².